The van der Waals surface area contributed by atoms with E-state index in [9.17, 15) is 4.79 Å². The van der Waals surface area contributed by atoms with Gasteiger partial charge in [0.25, 0.3) is 5.56 Å². The molecule has 1 saturated heterocycles. The van der Waals surface area contributed by atoms with Crippen molar-refractivity contribution in [1.29, 1.82) is 0 Å². The quantitative estimate of drug-likeness (QED) is 0.808. The molecular formula is C15H20N6OS. The van der Waals surface area contributed by atoms with Crippen molar-refractivity contribution < 1.29 is 0 Å². The van der Waals surface area contributed by atoms with E-state index in [2.05, 4.69) is 23.6 Å². The maximum absolute atomic E-state index is 12.1. The molecule has 1 aliphatic heterocycles. The van der Waals surface area contributed by atoms with E-state index in [0.717, 1.165) is 69.1 Å². The number of hydrogen-bond acceptors (Lipinski definition) is 7. The summed E-state index contributed by atoms with van der Waals surface area (Å²) in [6.07, 6.45) is 4.97. The predicted octanol–water partition coefficient (Wildman–Crippen LogP) is 0.406. The second kappa shape index (κ2) is 6.37. The highest BCUT2D eigenvalue weighted by atomic mass is 32.1. The molecule has 8 heteroatoms. The summed E-state index contributed by atoms with van der Waals surface area (Å²) >= 11 is 1.25. The highest BCUT2D eigenvalue weighted by Crippen LogP contribution is 2.17. The molecule has 0 N–H and O–H groups in total. The van der Waals surface area contributed by atoms with Gasteiger partial charge in [-0.05, 0) is 24.8 Å². The third kappa shape index (κ3) is 3.13. The van der Waals surface area contributed by atoms with E-state index in [-0.39, 0.29) is 5.56 Å². The second-order valence-electron chi connectivity index (χ2n) is 6.13. The molecule has 0 aromatic carbocycles. The maximum atomic E-state index is 12.1. The summed E-state index contributed by atoms with van der Waals surface area (Å²) in [6.45, 7) is 5.42. The van der Waals surface area contributed by atoms with Crippen molar-refractivity contribution in [1.82, 2.24) is 23.4 Å². The van der Waals surface area contributed by atoms with Gasteiger partial charge in [-0.15, -0.1) is 0 Å². The lowest BCUT2D eigenvalue weighted by Crippen LogP contribution is -2.47. The first-order valence-corrected chi connectivity index (χ1v) is 8.87. The fourth-order valence-electron chi connectivity index (χ4n) is 3.34. The van der Waals surface area contributed by atoms with E-state index in [1.54, 1.807) is 10.7 Å². The molecule has 122 valence electrons. The number of piperazine rings is 1. The summed E-state index contributed by atoms with van der Waals surface area (Å²) in [5.41, 5.74) is 2.31. The zero-order valence-electron chi connectivity index (χ0n) is 13.0. The summed E-state index contributed by atoms with van der Waals surface area (Å²) < 4.78 is 9.99. The molecule has 23 heavy (non-hydrogen) atoms. The molecule has 0 bridgehead atoms. The Hall–Kier alpha value is -1.80. The molecule has 0 saturated carbocycles. The Balaban J connectivity index is 1.33. The van der Waals surface area contributed by atoms with E-state index in [1.807, 2.05) is 6.20 Å². The van der Waals surface area contributed by atoms with Crippen LogP contribution in [0.3, 0.4) is 0 Å². The second-order valence-corrected chi connectivity index (χ2v) is 6.68. The zero-order valence-corrected chi connectivity index (χ0v) is 13.8. The molecule has 0 amide bonds. The number of anilines is 1. The van der Waals surface area contributed by atoms with Crippen LogP contribution in [0, 0.1) is 0 Å². The maximum Gasteiger partial charge on any atom is 0.267 e. The molecule has 3 heterocycles. The number of nitrogens with zero attached hydrogens (tertiary/aromatic N) is 6. The van der Waals surface area contributed by atoms with Gasteiger partial charge in [-0.25, -0.2) is 4.68 Å². The lowest BCUT2D eigenvalue weighted by molar-refractivity contribution is 0.242. The topological polar surface area (TPSA) is 67.2 Å². The van der Waals surface area contributed by atoms with E-state index in [1.165, 1.54) is 11.7 Å². The zero-order chi connectivity index (χ0) is 15.6. The number of aryl methyl sites for hydroxylation is 2. The van der Waals surface area contributed by atoms with Gasteiger partial charge in [0.15, 0.2) is 5.82 Å². The largest absolute Gasteiger partial charge is 0.352 e. The molecule has 2 aliphatic rings. The van der Waals surface area contributed by atoms with Crippen molar-refractivity contribution in [2.45, 2.75) is 25.8 Å². The van der Waals surface area contributed by atoms with Crippen LogP contribution in [0.5, 0.6) is 0 Å². The van der Waals surface area contributed by atoms with Crippen LogP contribution < -0.4 is 10.5 Å². The van der Waals surface area contributed by atoms with Gasteiger partial charge >= 0.3 is 0 Å². The minimum Gasteiger partial charge on any atom is -0.352 e. The summed E-state index contributed by atoms with van der Waals surface area (Å²) in [5, 5.41) is 4.54. The van der Waals surface area contributed by atoms with Crippen LogP contribution in [0.25, 0.3) is 0 Å². The standard InChI is InChI=1S/C15H20N6OS/c22-15-10-12-2-1-3-13(12)17-21(15)9-6-19-4-7-20(8-5-19)14-11-16-23-18-14/h10-11H,1-9H2. The molecule has 0 spiro atoms. The van der Waals surface area contributed by atoms with Gasteiger partial charge in [-0.1, -0.05) is 0 Å². The number of fused-ring (bicyclic) bond motifs is 1. The van der Waals surface area contributed by atoms with E-state index < -0.39 is 0 Å². The minimum atomic E-state index is 0.0397. The first kappa shape index (κ1) is 14.8. The van der Waals surface area contributed by atoms with E-state index in [0.29, 0.717) is 6.54 Å². The molecule has 1 fully saturated rings. The van der Waals surface area contributed by atoms with Crippen LogP contribution in [0.4, 0.5) is 5.82 Å². The SMILES string of the molecule is O=c1cc2c(nn1CCN1CCN(c3cnsn3)CC1)CCC2. The van der Waals surface area contributed by atoms with Gasteiger partial charge in [0.2, 0.25) is 0 Å². The summed E-state index contributed by atoms with van der Waals surface area (Å²) in [6, 6.07) is 1.78. The van der Waals surface area contributed by atoms with Crippen molar-refractivity contribution in [2.24, 2.45) is 0 Å². The normalized spacial score (nSPS) is 18.3. The molecule has 7 nitrogen and oxygen atoms in total. The third-order valence-electron chi connectivity index (χ3n) is 4.70. The summed E-state index contributed by atoms with van der Waals surface area (Å²) in [4.78, 5) is 16.8. The molecule has 0 unspecified atom stereocenters. The third-order valence-corrected chi connectivity index (χ3v) is 5.17. The van der Waals surface area contributed by atoms with Gasteiger partial charge < -0.3 is 4.90 Å². The molecule has 1 aliphatic carbocycles. The molecule has 2 aromatic heterocycles. The van der Waals surface area contributed by atoms with Gasteiger partial charge in [-0.3, -0.25) is 9.69 Å². The average Bonchev–Trinajstić information content (AvgIpc) is 3.24. The van der Waals surface area contributed by atoms with Crippen molar-refractivity contribution in [3.8, 4) is 0 Å². The Labute approximate surface area is 138 Å². The van der Waals surface area contributed by atoms with E-state index in [4.69, 9.17) is 0 Å². The number of rotatable bonds is 4. The van der Waals surface area contributed by atoms with E-state index >= 15 is 0 Å². The van der Waals surface area contributed by atoms with Crippen LogP contribution in [-0.2, 0) is 19.4 Å². The molecule has 0 atom stereocenters. The van der Waals surface area contributed by atoms with Gasteiger partial charge in [0, 0.05) is 38.8 Å². The highest BCUT2D eigenvalue weighted by Gasteiger charge is 2.19. The molecule has 4 rings (SSSR count). The Bertz CT molecular complexity index is 720. The first-order chi connectivity index (χ1) is 11.3. The van der Waals surface area contributed by atoms with Gasteiger partial charge in [0.05, 0.1) is 30.2 Å². The molecular weight excluding hydrogens is 312 g/mol. The van der Waals surface area contributed by atoms with Crippen molar-refractivity contribution in [3.63, 3.8) is 0 Å². The number of aromatic nitrogens is 4. The minimum absolute atomic E-state index is 0.0397. The van der Waals surface area contributed by atoms with Crippen LogP contribution in [0.2, 0.25) is 0 Å². The Kier molecular flexibility index (Phi) is 4.09. The summed E-state index contributed by atoms with van der Waals surface area (Å²) in [5.74, 6) is 0.978. The van der Waals surface area contributed by atoms with Gasteiger partial charge in [-0.2, -0.15) is 13.8 Å². The first-order valence-electron chi connectivity index (χ1n) is 8.14. The van der Waals surface area contributed by atoms with Crippen molar-refractivity contribution in [2.75, 3.05) is 37.6 Å². The van der Waals surface area contributed by atoms with Crippen LogP contribution in [-0.4, -0.2) is 56.2 Å². The fraction of sp³-hybridized carbons (Fsp3) is 0.600. The highest BCUT2D eigenvalue weighted by molar-refractivity contribution is 6.99. The van der Waals surface area contributed by atoms with Gasteiger partial charge in [0.1, 0.15) is 0 Å². The lowest BCUT2D eigenvalue weighted by atomic mass is 10.2. The fourth-order valence-corrected chi connectivity index (χ4v) is 3.77. The lowest BCUT2D eigenvalue weighted by Gasteiger charge is -2.34. The van der Waals surface area contributed by atoms with Crippen LogP contribution in [0.1, 0.15) is 17.7 Å². The molecule has 0 radical (unpaired) electrons. The number of hydrogen-bond donors (Lipinski definition) is 0. The van der Waals surface area contributed by atoms with Crippen molar-refractivity contribution >= 4 is 17.5 Å². The predicted molar refractivity (Wildman–Crippen MR) is 89.1 cm³/mol. The Morgan fingerprint density at radius 1 is 1.13 bits per heavy atom. The molecule has 2 aromatic rings. The summed E-state index contributed by atoms with van der Waals surface area (Å²) in [7, 11) is 0. The Morgan fingerprint density at radius 2 is 2.00 bits per heavy atom. The smallest absolute Gasteiger partial charge is 0.267 e. The van der Waals surface area contributed by atoms with Crippen LogP contribution >= 0.6 is 11.7 Å². The van der Waals surface area contributed by atoms with Crippen LogP contribution in [0.15, 0.2) is 17.1 Å². The Morgan fingerprint density at radius 3 is 2.78 bits per heavy atom. The average molecular weight is 332 g/mol. The van der Waals surface area contributed by atoms with Crippen molar-refractivity contribution in [3.05, 3.63) is 33.9 Å². The monoisotopic (exact) mass is 332 g/mol.